The maximum absolute atomic E-state index is 13.2. The zero-order chi connectivity index (χ0) is 20.8. The number of benzene rings is 1. The highest BCUT2D eigenvalue weighted by atomic mass is 35.5. The van der Waals surface area contributed by atoms with Crippen LogP contribution in [0.5, 0.6) is 0 Å². The summed E-state index contributed by atoms with van der Waals surface area (Å²) in [7, 11) is -3.55. The van der Waals surface area contributed by atoms with Crippen molar-refractivity contribution >= 4 is 27.7 Å². The molecule has 4 rings (SSSR count). The van der Waals surface area contributed by atoms with E-state index in [1.165, 1.54) is 8.61 Å². The molecular weight excluding hydrogens is 414 g/mol. The van der Waals surface area contributed by atoms with E-state index in [-0.39, 0.29) is 18.1 Å². The summed E-state index contributed by atoms with van der Waals surface area (Å²) >= 11 is 6.12. The highest BCUT2D eigenvalue weighted by molar-refractivity contribution is 7.86. The molecule has 2 unspecified atom stereocenters. The lowest BCUT2D eigenvalue weighted by molar-refractivity contribution is -0.135. The molecule has 3 fully saturated rings. The van der Waals surface area contributed by atoms with Crippen LogP contribution in [0.3, 0.4) is 0 Å². The van der Waals surface area contributed by atoms with Gasteiger partial charge in [-0.15, -0.1) is 0 Å². The summed E-state index contributed by atoms with van der Waals surface area (Å²) in [5.74, 6) is 0.0884. The van der Waals surface area contributed by atoms with Gasteiger partial charge in [-0.3, -0.25) is 4.79 Å². The van der Waals surface area contributed by atoms with Gasteiger partial charge in [-0.1, -0.05) is 23.7 Å². The summed E-state index contributed by atoms with van der Waals surface area (Å²) in [6.07, 6.45) is 1.38. The summed E-state index contributed by atoms with van der Waals surface area (Å²) in [6, 6.07) is 7.51. The van der Waals surface area contributed by atoms with Gasteiger partial charge in [-0.2, -0.15) is 17.0 Å². The van der Waals surface area contributed by atoms with Crippen LogP contribution in [-0.4, -0.2) is 79.3 Å². The third-order valence-corrected chi connectivity index (χ3v) is 8.30. The Morgan fingerprint density at radius 3 is 2.24 bits per heavy atom. The van der Waals surface area contributed by atoms with Crippen LogP contribution in [0.4, 0.5) is 0 Å². The average molecular weight is 442 g/mol. The monoisotopic (exact) mass is 441 g/mol. The molecule has 3 aliphatic rings. The second-order valence-electron chi connectivity index (χ2n) is 8.37. The maximum atomic E-state index is 13.2. The number of hydrogen-bond acceptors (Lipinski definition) is 4. The molecule has 2 saturated heterocycles. The first-order valence-corrected chi connectivity index (χ1v) is 12.0. The smallest absolute Gasteiger partial charge is 0.282 e. The largest absolute Gasteiger partial charge is 0.373 e. The molecule has 0 bridgehead atoms. The van der Waals surface area contributed by atoms with E-state index in [1.807, 2.05) is 43.0 Å². The van der Waals surface area contributed by atoms with Gasteiger partial charge in [-0.05, 0) is 44.4 Å². The van der Waals surface area contributed by atoms with Crippen molar-refractivity contribution < 1.29 is 17.9 Å². The van der Waals surface area contributed by atoms with E-state index in [9.17, 15) is 13.2 Å². The van der Waals surface area contributed by atoms with E-state index in [2.05, 4.69) is 0 Å². The van der Waals surface area contributed by atoms with Gasteiger partial charge >= 0.3 is 0 Å². The molecule has 2 heterocycles. The number of nitrogens with zero attached hydrogens (tertiary/aromatic N) is 3. The van der Waals surface area contributed by atoms with Crippen molar-refractivity contribution in [2.75, 3.05) is 39.3 Å². The summed E-state index contributed by atoms with van der Waals surface area (Å²) < 4.78 is 34.8. The second kappa shape index (κ2) is 7.81. The van der Waals surface area contributed by atoms with Crippen molar-refractivity contribution in [2.45, 2.75) is 44.3 Å². The van der Waals surface area contributed by atoms with Gasteiger partial charge in [0.25, 0.3) is 10.2 Å². The standard InChI is InChI=1S/C20H28ClN3O4S/c1-15-13-24(14-16(2)28-15)29(26,27)23-10-8-22(9-11-23)19(25)20(6-7-20)17-4-3-5-18(21)12-17/h3-5,12,15-16H,6-11,13-14H2,1-2H3. The molecule has 2 atom stereocenters. The molecule has 0 spiro atoms. The molecule has 1 amide bonds. The second-order valence-corrected chi connectivity index (χ2v) is 10.7. The number of carbonyl (C=O) groups excluding carboxylic acids is 1. The minimum Gasteiger partial charge on any atom is -0.373 e. The molecule has 1 aliphatic carbocycles. The Bertz CT molecular complexity index is 871. The van der Waals surface area contributed by atoms with Gasteiger partial charge in [-0.25, -0.2) is 0 Å². The highest BCUT2D eigenvalue weighted by Crippen LogP contribution is 2.50. The fourth-order valence-electron chi connectivity index (χ4n) is 4.44. The summed E-state index contributed by atoms with van der Waals surface area (Å²) in [6.45, 7) is 5.97. The summed E-state index contributed by atoms with van der Waals surface area (Å²) in [5.41, 5.74) is 0.474. The fourth-order valence-corrected chi connectivity index (χ4v) is 6.38. The molecular formula is C20H28ClN3O4S. The first kappa shape index (κ1) is 21.1. The van der Waals surface area contributed by atoms with Gasteiger partial charge in [0.2, 0.25) is 5.91 Å². The van der Waals surface area contributed by atoms with Gasteiger partial charge in [0.15, 0.2) is 0 Å². The lowest BCUT2D eigenvalue weighted by Gasteiger charge is -2.40. The Morgan fingerprint density at radius 2 is 1.69 bits per heavy atom. The van der Waals surface area contributed by atoms with Crippen LogP contribution in [-0.2, 0) is 25.2 Å². The number of hydrogen-bond donors (Lipinski definition) is 0. The van der Waals surface area contributed by atoms with E-state index < -0.39 is 15.6 Å². The average Bonchev–Trinajstić information content (AvgIpc) is 3.49. The van der Waals surface area contributed by atoms with Crippen LogP contribution < -0.4 is 0 Å². The van der Waals surface area contributed by atoms with Crippen LogP contribution in [0.25, 0.3) is 0 Å². The number of rotatable bonds is 4. The molecule has 1 aromatic carbocycles. The molecule has 0 N–H and O–H groups in total. The van der Waals surface area contributed by atoms with Crippen LogP contribution in [0.15, 0.2) is 24.3 Å². The van der Waals surface area contributed by atoms with Gasteiger partial charge in [0.05, 0.1) is 17.6 Å². The van der Waals surface area contributed by atoms with Crippen molar-refractivity contribution in [1.82, 2.24) is 13.5 Å². The Kier molecular flexibility index (Phi) is 5.67. The molecule has 29 heavy (non-hydrogen) atoms. The maximum Gasteiger partial charge on any atom is 0.282 e. The normalized spacial score (nSPS) is 28.3. The molecule has 9 heteroatoms. The quantitative estimate of drug-likeness (QED) is 0.715. The van der Waals surface area contributed by atoms with E-state index in [0.717, 1.165) is 18.4 Å². The number of carbonyl (C=O) groups is 1. The zero-order valence-corrected chi connectivity index (χ0v) is 18.5. The molecule has 2 aliphatic heterocycles. The Balaban J connectivity index is 1.41. The minimum absolute atomic E-state index is 0.0884. The van der Waals surface area contributed by atoms with Gasteiger partial charge < -0.3 is 9.64 Å². The molecule has 1 saturated carbocycles. The zero-order valence-electron chi connectivity index (χ0n) is 16.9. The predicted molar refractivity (Wildman–Crippen MR) is 111 cm³/mol. The van der Waals surface area contributed by atoms with Crippen molar-refractivity contribution in [2.24, 2.45) is 0 Å². The van der Waals surface area contributed by atoms with Gasteiger partial charge in [0.1, 0.15) is 0 Å². The topological polar surface area (TPSA) is 70.2 Å². The molecule has 0 aromatic heterocycles. The number of amides is 1. The molecule has 1 aromatic rings. The first-order valence-electron chi connectivity index (χ1n) is 10.2. The summed E-state index contributed by atoms with van der Waals surface area (Å²) in [5, 5.41) is 0.631. The van der Waals surface area contributed by atoms with Crippen LogP contribution in [0.1, 0.15) is 32.3 Å². The van der Waals surface area contributed by atoms with Crippen molar-refractivity contribution in [3.05, 3.63) is 34.9 Å². The van der Waals surface area contributed by atoms with Crippen LogP contribution in [0, 0.1) is 0 Å². The van der Waals surface area contributed by atoms with E-state index >= 15 is 0 Å². The Morgan fingerprint density at radius 1 is 1.07 bits per heavy atom. The van der Waals surface area contributed by atoms with Crippen LogP contribution in [0.2, 0.25) is 5.02 Å². The van der Waals surface area contributed by atoms with Crippen LogP contribution >= 0.6 is 11.6 Å². The minimum atomic E-state index is -3.55. The summed E-state index contributed by atoms with van der Waals surface area (Å²) in [4.78, 5) is 15.0. The fraction of sp³-hybridized carbons (Fsp3) is 0.650. The van der Waals surface area contributed by atoms with Crippen molar-refractivity contribution in [3.63, 3.8) is 0 Å². The first-order chi connectivity index (χ1) is 13.7. The SMILES string of the molecule is CC1CN(S(=O)(=O)N2CCN(C(=O)C3(c4cccc(Cl)c4)CC3)CC2)CC(C)O1. The molecule has 0 radical (unpaired) electrons. The van der Waals surface area contributed by atoms with Crippen molar-refractivity contribution in [3.8, 4) is 0 Å². The number of morpholine rings is 1. The van der Waals surface area contributed by atoms with Gasteiger partial charge in [0, 0.05) is 44.3 Å². The Labute approximate surface area is 177 Å². The number of halogens is 1. The third kappa shape index (κ3) is 4.05. The Hall–Kier alpha value is -1.19. The predicted octanol–water partition coefficient (Wildman–Crippen LogP) is 1.87. The van der Waals surface area contributed by atoms with E-state index in [4.69, 9.17) is 16.3 Å². The third-order valence-electron chi connectivity index (χ3n) is 6.10. The molecule has 7 nitrogen and oxygen atoms in total. The lowest BCUT2D eigenvalue weighted by atomic mass is 9.94. The lowest BCUT2D eigenvalue weighted by Crippen LogP contribution is -2.58. The van der Waals surface area contributed by atoms with E-state index in [0.29, 0.717) is 44.3 Å². The number of piperazine rings is 1. The molecule has 160 valence electrons. The number of ether oxygens (including phenoxy) is 1. The van der Waals surface area contributed by atoms with Crippen molar-refractivity contribution in [1.29, 1.82) is 0 Å². The van der Waals surface area contributed by atoms with E-state index in [1.54, 1.807) is 0 Å². The highest BCUT2D eigenvalue weighted by Gasteiger charge is 2.53.